The van der Waals surface area contributed by atoms with Crippen LogP contribution < -0.4 is 15.6 Å². The third-order valence-corrected chi connectivity index (χ3v) is 3.84. The summed E-state index contributed by atoms with van der Waals surface area (Å²) in [7, 11) is 4.04. The van der Waals surface area contributed by atoms with Crippen LogP contribution in [0.15, 0.2) is 29.4 Å². The highest BCUT2D eigenvalue weighted by atomic mass is 32.1. The third-order valence-electron chi connectivity index (χ3n) is 3.61. The first-order valence-electron chi connectivity index (χ1n) is 7.79. The number of nitrogens with zero attached hydrogens (tertiary/aromatic N) is 3. The number of anilines is 1. The molecule has 1 aromatic rings. The quantitative estimate of drug-likeness (QED) is 0.457. The molecular weight excluding hydrogens is 310 g/mol. The Morgan fingerprint density at radius 3 is 2.65 bits per heavy atom. The minimum atomic E-state index is 0.541. The molecule has 0 bridgehead atoms. The first-order valence-corrected chi connectivity index (χ1v) is 8.20. The second kappa shape index (κ2) is 9.44. The van der Waals surface area contributed by atoms with Crippen molar-refractivity contribution < 1.29 is 4.74 Å². The average Bonchev–Trinajstić information content (AvgIpc) is 2.56. The molecule has 1 fully saturated rings. The lowest BCUT2D eigenvalue weighted by Gasteiger charge is -2.26. The Kier molecular flexibility index (Phi) is 7.25. The molecule has 1 aromatic carbocycles. The molecule has 1 heterocycles. The predicted octanol–water partition coefficient (Wildman–Crippen LogP) is 0.883. The van der Waals surface area contributed by atoms with E-state index in [-0.39, 0.29) is 0 Å². The van der Waals surface area contributed by atoms with E-state index in [1.807, 2.05) is 26.2 Å². The van der Waals surface area contributed by atoms with Crippen molar-refractivity contribution in [2.75, 3.05) is 58.4 Å². The Bertz CT molecular complexity index is 512. The molecule has 126 valence electrons. The number of hydrogen-bond donors (Lipinski definition) is 2. The standard InChI is InChI=1S/C16H25N5OS/c1-20(2)15-5-3-14(4-6-15)13-18-19-16(23)17-7-8-21-9-11-22-12-10-21/h3-6,13H,7-12H2,1-2H3,(H2,17,19,23)/b18-13+. The summed E-state index contributed by atoms with van der Waals surface area (Å²) in [5, 5.41) is 7.85. The molecule has 0 radical (unpaired) electrons. The molecule has 0 atom stereocenters. The molecule has 1 aliphatic rings. The zero-order valence-corrected chi connectivity index (χ0v) is 14.6. The summed E-state index contributed by atoms with van der Waals surface area (Å²) >= 11 is 5.21. The molecule has 2 rings (SSSR count). The van der Waals surface area contributed by atoms with Gasteiger partial charge in [0, 0.05) is 46.0 Å². The molecule has 0 amide bonds. The fraction of sp³-hybridized carbons (Fsp3) is 0.500. The SMILES string of the molecule is CN(C)c1ccc(/C=N/NC(=S)NCCN2CCOCC2)cc1. The van der Waals surface area contributed by atoms with E-state index >= 15 is 0 Å². The monoisotopic (exact) mass is 335 g/mol. The Morgan fingerprint density at radius 1 is 1.30 bits per heavy atom. The van der Waals surface area contributed by atoms with Gasteiger partial charge < -0.3 is 15.0 Å². The number of rotatable bonds is 6. The number of hydrazone groups is 1. The molecule has 1 saturated heterocycles. The topological polar surface area (TPSA) is 52.1 Å². The van der Waals surface area contributed by atoms with Crippen LogP contribution in [0.4, 0.5) is 5.69 Å². The summed E-state index contributed by atoms with van der Waals surface area (Å²) in [6.07, 6.45) is 1.76. The van der Waals surface area contributed by atoms with Gasteiger partial charge in [0.15, 0.2) is 5.11 Å². The van der Waals surface area contributed by atoms with Crippen molar-refractivity contribution in [3.63, 3.8) is 0 Å². The molecule has 0 saturated carbocycles. The fourth-order valence-corrected chi connectivity index (χ4v) is 2.37. The zero-order valence-electron chi connectivity index (χ0n) is 13.8. The number of nitrogens with one attached hydrogen (secondary N) is 2. The van der Waals surface area contributed by atoms with Crippen molar-refractivity contribution in [1.82, 2.24) is 15.6 Å². The maximum absolute atomic E-state index is 5.32. The molecule has 7 heteroatoms. The van der Waals surface area contributed by atoms with E-state index in [0.29, 0.717) is 5.11 Å². The first-order chi connectivity index (χ1) is 11.1. The van der Waals surface area contributed by atoms with Crippen molar-refractivity contribution in [1.29, 1.82) is 0 Å². The van der Waals surface area contributed by atoms with Crippen LogP contribution in [-0.2, 0) is 4.74 Å². The van der Waals surface area contributed by atoms with Gasteiger partial charge in [0.2, 0.25) is 0 Å². The highest BCUT2D eigenvalue weighted by Gasteiger charge is 2.09. The summed E-state index contributed by atoms with van der Waals surface area (Å²) in [4.78, 5) is 4.42. The highest BCUT2D eigenvalue weighted by molar-refractivity contribution is 7.80. The predicted molar refractivity (Wildman–Crippen MR) is 99.4 cm³/mol. The minimum absolute atomic E-state index is 0.541. The molecule has 0 aromatic heterocycles. The molecule has 23 heavy (non-hydrogen) atoms. The summed E-state index contributed by atoms with van der Waals surface area (Å²) in [6.45, 7) is 5.38. The van der Waals surface area contributed by atoms with Gasteiger partial charge in [-0.05, 0) is 29.9 Å². The van der Waals surface area contributed by atoms with Gasteiger partial charge in [0.05, 0.1) is 19.4 Å². The van der Waals surface area contributed by atoms with E-state index in [2.05, 4.69) is 37.8 Å². The smallest absolute Gasteiger partial charge is 0.187 e. The van der Waals surface area contributed by atoms with Gasteiger partial charge in [-0.2, -0.15) is 5.10 Å². The molecule has 2 N–H and O–H groups in total. The van der Waals surface area contributed by atoms with Gasteiger partial charge in [-0.25, -0.2) is 0 Å². The second-order valence-corrected chi connectivity index (χ2v) is 5.97. The first kappa shape index (κ1) is 17.7. The lowest BCUT2D eigenvalue weighted by atomic mass is 10.2. The van der Waals surface area contributed by atoms with Gasteiger partial charge in [-0.15, -0.1) is 0 Å². The van der Waals surface area contributed by atoms with Crippen LogP contribution in [0.3, 0.4) is 0 Å². The maximum Gasteiger partial charge on any atom is 0.187 e. The lowest BCUT2D eigenvalue weighted by Crippen LogP contribution is -2.42. The van der Waals surface area contributed by atoms with Gasteiger partial charge in [-0.3, -0.25) is 10.3 Å². The van der Waals surface area contributed by atoms with Crippen LogP contribution in [0.25, 0.3) is 0 Å². The Balaban J connectivity index is 1.65. The summed E-state index contributed by atoms with van der Waals surface area (Å²) in [5.41, 5.74) is 5.03. The van der Waals surface area contributed by atoms with Gasteiger partial charge >= 0.3 is 0 Å². The summed E-state index contributed by atoms with van der Waals surface area (Å²) < 4.78 is 5.32. The summed E-state index contributed by atoms with van der Waals surface area (Å²) in [5.74, 6) is 0. The summed E-state index contributed by atoms with van der Waals surface area (Å²) in [6, 6.07) is 8.16. The van der Waals surface area contributed by atoms with E-state index in [0.717, 1.165) is 50.6 Å². The zero-order chi connectivity index (χ0) is 16.5. The van der Waals surface area contributed by atoms with Crippen molar-refractivity contribution in [2.45, 2.75) is 0 Å². The van der Waals surface area contributed by atoms with Crippen molar-refractivity contribution in [3.05, 3.63) is 29.8 Å². The molecule has 0 unspecified atom stereocenters. The minimum Gasteiger partial charge on any atom is -0.379 e. The Hall–Kier alpha value is -1.70. The van der Waals surface area contributed by atoms with Crippen LogP contribution in [0.2, 0.25) is 0 Å². The largest absolute Gasteiger partial charge is 0.379 e. The molecule has 0 spiro atoms. The van der Waals surface area contributed by atoms with Crippen LogP contribution >= 0.6 is 12.2 Å². The van der Waals surface area contributed by atoms with Crippen LogP contribution in [0.1, 0.15) is 5.56 Å². The van der Waals surface area contributed by atoms with Gasteiger partial charge in [0.25, 0.3) is 0 Å². The maximum atomic E-state index is 5.32. The number of ether oxygens (including phenoxy) is 1. The van der Waals surface area contributed by atoms with Crippen molar-refractivity contribution in [3.8, 4) is 0 Å². The fourth-order valence-electron chi connectivity index (χ4n) is 2.22. The number of hydrogen-bond acceptors (Lipinski definition) is 5. The van der Waals surface area contributed by atoms with Gasteiger partial charge in [-0.1, -0.05) is 12.1 Å². The molecule has 1 aliphatic heterocycles. The van der Waals surface area contributed by atoms with Crippen molar-refractivity contribution >= 4 is 29.2 Å². The van der Waals surface area contributed by atoms with Crippen LogP contribution in [0, 0.1) is 0 Å². The third kappa shape index (κ3) is 6.52. The Morgan fingerprint density at radius 2 is 2.00 bits per heavy atom. The van der Waals surface area contributed by atoms with E-state index in [1.54, 1.807) is 6.21 Å². The number of morpholine rings is 1. The number of thiocarbonyl (C=S) groups is 1. The van der Waals surface area contributed by atoms with Crippen LogP contribution in [0.5, 0.6) is 0 Å². The van der Waals surface area contributed by atoms with E-state index in [1.165, 1.54) is 0 Å². The van der Waals surface area contributed by atoms with Crippen molar-refractivity contribution in [2.24, 2.45) is 5.10 Å². The highest BCUT2D eigenvalue weighted by Crippen LogP contribution is 2.10. The molecular formula is C16H25N5OS. The number of benzene rings is 1. The average molecular weight is 335 g/mol. The van der Waals surface area contributed by atoms with E-state index in [9.17, 15) is 0 Å². The Labute approximate surface area is 143 Å². The van der Waals surface area contributed by atoms with E-state index in [4.69, 9.17) is 17.0 Å². The van der Waals surface area contributed by atoms with Crippen LogP contribution in [-0.4, -0.2) is 69.7 Å². The molecule has 6 nitrogen and oxygen atoms in total. The molecule has 0 aliphatic carbocycles. The van der Waals surface area contributed by atoms with E-state index < -0.39 is 0 Å². The second-order valence-electron chi connectivity index (χ2n) is 5.57. The van der Waals surface area contributed by atoms with Gasteiger partial charge in [0.1, 0.15) is 0 Å². The normalized spacial score (nSPS) is 15.6. The lowest BCUT2D eigenvalue weighted by molar-refractivity contribution is 0.0389.